The summed E-state index contributed by atoms with van der Waals surface area (Å²) in [4.78, 5) is 24.4. The van der Waals surface area contributed by atoms with Gasteiger partial charge in [0.25, 0.3) is 0 Å². The van der Waals surface area contributed by atoms with Crippen molar-refractivity contribution in [3.05, 3.63) is 12.3 Å². The summed E-state index contributed by atoms with van der Waals surface area (Å²) >= 11 is 0. The second-order valence-electron chi connectivity index (χ2n) is 4.15. The number of aryl methyl sites for hydroxylation is 1. The van der Waals surface area contributed by atoms with Crippen LogP contribution in [0.1, 0.15) is 25.7 Å². The van der Waals surface area contributed by atoms with Crippen molar-refractivity contribution in [2.24, 2.45) is 0 Å². The van der Waals surface area contributed by atoms with E-state index in [9.17, 15) is 9.59 Å². The maximum absolute atomic E-state index is 11.5. The molecule has 1 aliphatic rings. The molecule has 1 fully saturated rings. The highest BCUT2D eigenvalue weighted by atomic mass is 16.2. The number of nitrogen functional groups attached to an aromatic ring is 1. The van der Waals surface area contributed by atoms with E-state index in [1.54, 1.807) is 16.9 Å². The summed E-state index contributed by atoms with van der Waals surface area (Å²) in [6.45, 7) is 1.13. The molecule has 1 aliphatic heterocycles. The summed E-state index contributed by atoms with van der Waals surface area (Å²) in [5.74, 6) is 0.373. The van der Waals surface area contributed by atoms with E-state index in [-0.39, 0.29) is 11.8 Å². The van der Waals surface area contributed by atoms with E-state index in [2.05, 4.69) is 5.10 Å². The third-order valence-electron chi connectivity index (χ3n) is 2.81. The lowest BCUT2D eigenvalue weighted by Crippen LogP contribution is -2.40. The Morgan fingerprint density at radius 2 is 1.94 bits per heavy atom. The molecule has 2 N–H and O–H groups in total. The minimum Gasteiger partial charge on any atom is -0.382 e. The van der Waals surface area contributed by atoms with Crippen molar-refractivity contribution < 1.29 is 9.59 Å². The van der Waals surface area contributed by atoms with Gasteiger partial charge in [0, 0.05) is 32.1 Å². The van der Waals surface area contributed by atoms with Crippen LogP contribution in [-0.4, -0.2) is 33.0 Å². The number of nitrogens with zero attached hydrogens (tertiary/aromatic N) is 3. The Morgan fingerprint density at radius 1 is 1.24 bits per heavy atom. The SMILES string of the molecule is Nc1ccn(CCCN2C(=O)CCCC2=O)n1. The molecule has 1 saturated heterocycles. The van der Waals surface area contributed by atoms with Crippen LogP contribution in [0.3, 0.4) is 0 Å². The first-order valence-electron chi connectivity index (χ1n) is 5.79. The molecule has 0 atom stereocenters. The van der Waals surface area contributed by atoms with Gasteiger partial charge in [-0.15, -0.1) is 0 Å². The van der Waals surface area contributed by atoms with Crippen molar-refractivity contribution >= 4 is 17.6 Å². The van der Waals surface area contributed by atoms with Crippen LogP contribution >= 0.6 is 0 Å². The Kier molecular flexibility index (Phi) is 3.41. The number of anilines is 1. The summed E-state index contributed by atoms with van der Waals surface area (Å²) in [6.07, 6.45) is 4.15. The number of carbonyl (C=O) groups is 2. The van der Waals surface area contributed by atoms with Crippen molar-refractivity contribution in [3.63, 3.8) is 0 Å². The van der Waals surface area contributed by atoms with Crippen LogP contribution in [0.15, 0.2) is 12.3 Å². The molecule has 92 valence electrons. The Labute approximate surface area is 99.4 Å². The van der Waals surface area contributed by atoms with Crippen LogP contribution in [0.5, 0.6) is 0 Å². The van der Waals surface area contributed by atoms with Gasteiger partial charge < -0.3 is 5.73 Å². The quantitative estimate of drug-likeness (QED) is 0.767. The molecule has 0 bridgehead atoms. The third-order valence-corrected chi connectivity index (χ3v) is 2.81. The number of amides is 2. The number of hydrogen-bond donors (Lipinski definition) is 1. The summed E-state index contributed by atoms with van der Waals surface area (Å²) < 4.78 is 1.72. The first-order chi connectivity index (χ1) is 8.16. The Morgan fingerprint density at radius 3 is 2.53 bits per heavy atom. The fourth-order valence-corrected chi connectivity index (χ4v) is 1.94. The van der Waals surface area contributed by atoms with Gasteiger partial charge in [0.1, 0.15) is 5.82 Å². The minimum atomic E-state index is -0.0544. The van der Waals surface area contributed by atoms with E-state index in [4.69, 9.17) is 5.73 Å². The summed E-state index contributed by atoms with van der Waals surface area (Å²) in [6, 6.07) is 1.72. The number of carbonyl (C=O) groups excluding carboxylic acids is 2. The highest BCUT2D eigenvalue weighted by Crippen LogP contribution is 2.12. The Hall–Kier alpha value is -1.85. The van der Waals surface area contributed by atoms with Gasteiger partial charge in [0.2, 0.25) is 11.8 Å². The number of aromatic nitrogens is 2. The molecule has 0 aliphatic carbocycles. The lowest BCUT2D eigenvalue weighted by molar-refractivity contribution is -0.148. The van der Waals surface area contributed by atoms with Crippen molar-refractivity contribution in [1.29, 1.82) is 0 Å². The predicted octanol–water partition coefficient (Wildman–Crippen LogP) is 0.394. The van der Waals surface area contributed by atoms with Gasteiger partial charge in [-0.1, -0.05) is 0 Å². The zero-order chi connectivity index (χ0) is 12.3. The summed E-state index contributed by atoms with van der Waals surface area (Å²) in [7, 11) is 0. The van der Waals surface area contributed by atoms with Crippen LogP contribution in [-0.2, 0) is 16.1 Å². The fraction of sp³-hybridized carbons (Fsp3) is 0.545. The first-order valence-corrected chi connectivity index (χ1v) is 5.79. The summed E-state index contributed by atoms with van der Waals surface area (Å²) in [5.41, 5.74) is 5.49. The molecule has 0 spiro atoms. The number of likely N-dealkylation sites (tertiary alicyclic amines) is 1. The minimum absolute atomic E-state index is 0.0544. The van der Waals surface area contributed by atoms with E-state index < -0.39 is 0 Å². The molecule has 0 saturated carbocycles. The number of nitrogens with two attached hydrogens (primary N) is 1. The predicted molar refractivity (Wildman–Crippen MR) is 61.8 cm³/mol. The van der Waals surface area contributed by atoms with Crippen molar-refractivity contribution in [2.75, 3.05) is 12.3 Å². The monoisotopic (exact) mass is 236 g/mol. The molecular weight excluding hydrogens is 220 g/mol. The van der Waals surface area contributed by atoms with E-state index in [1.807, 2.05) is 0 Å². The van der Waals surface area contributed by atoms with Gasteiger partial charge in [0.15, 0.2) is 0 Å². The first kappa shape index (κ1) is 11.6. The standard InChI is InChI=1S/C11H16N4O2/c12-9-5-8-14(13-9)6-2-7-15-10(16)3-1-4-11(15)17/h5,8H,1-4,6-7H2,(H2,12,13). The molecule has 0 radical (unpaired) electrons. The molecule has 0 unspecified atom stereocenters. The van der Waals surface area contributed by atoms with Crippen molar-refractivity contribution in [1.82, 2.24) is 14.7 Å². The second-order valence-corrected chi connectivity index (χ2v) is 4.15. The molecule has 6 nitrogen and oxygen atoms in total. The van der Waals surface area contributed by atoms with Crippen LogP contribution in [0.2, 0.25) is 0 Å². The normalized spacial score (nSPS) is 16.6. The number of hydrogen-bond acceptors (Lipinski definition) is 4. The van der Waals surface area contributed by atoms with Crippen molar-refractivity contribution in [3.8, 4) is 0 Å². The van der Waals surface area contributed by atoms with Crippen molar-refractivity contribution in [2.45, 2.75) is 32.2 Å². The van der Waals surface area contributed by atoms with Gasteiger partial charge in [-0.25, -0.2) is 0 Å². The lowest BCUT2D eigenvalue weighted by Gasteiger charge is -2.24. The topological polar surface area (TPSA) is 81.2 Å². The van der Waals surface area contributed by atoms with E-state index in [1.165, 1.54) is 4.90 Å². The summed E-state index contributed by atoms with van der Waals surface area (Å²) in [5, 5.41) is 4.04. The van der Waals surface area contributed by atoms with Gasteiger partial charge in [-0.3, -0.25) is 19.2 Å². The molecular formula is C11H16N4O2. The molecule has 2 amide bonds. The van der Waals surface area contributed by atoms with Gasteiger partial charge >= 0.3 is 0 Å². The van der Waals surface area contributed by atoms with Gasteiger partial charge in [0.05, 0.1) is 0 Å². The lowest BCUT2D eigenvalue weighted by atomic mass is 10.1. The molecule has 1 aromatic rings. The molecule has 2 rings (SSSR count). The maximum Gasteiger partial charge on any atom is 0.229 e. The van der Waals surface area contributed by atoms with E-state index >= 15 is 0 Å². The molecule has 1 aromatic heterocycles. The molecule has 17 heavy (non-hydrogen) atoms. The van der Waals surface area contributed by atoms with Crippen LogP contribution in [0.25, 0.3) is 0 Å². The van der Waals surface area contributed by atoms with Crippen LogP contribution < -0.4 is 5.73 Å². The smallest absolute Gasteiger partial charge is 0.229 e. The highest BCUT2D eigenvalue weighted by molar-refractivity contribution is 5.97. The zero-order valence-corrected chi connectivity index (χ0v) is 9.63. The van der Waals surface area contributed by atoms with Crippen LogP contribution in [0, 0.1) is 0 Å². The molecule has 6 heteroatoms. The largest absolute Gasteiger partial charge is 0.382 e. The highest BCUT2D eigenvalue weighted by Gasteiger charge is 2.24. The average molecular weight is 236 g/mol. The maximum atomic E-state index is 11.5. The third kappa shape index (κ3) is 2.83. The number of imide groups is 1. The Bertz CT molecular complexity index is 411. The second kappa shape index (κ2) is 4.99. The van der Waals surface area contributed by atoms with E-state index in [0.29, 0.717) is 44.6 Å². The zero-order valence-electron chi connectivity index (χ0n) is 9.63. The van der Waals surface area contributed by atoms with Gasteiger partial charge in [-0.05, 0) is 18.9 Å². The van der Waals surface area contributed by atoms with Crippen LogP contribution in [0.4, 0.5) is 5.82 Å². The molecule has 0 aromatic carbocycles. The van der Waals surface area contributed by atoms with Gasteiger partial charge in [-0.2, -0.15) is 5.10 Å². The number of rotatable bonds is 4. The van der Waals surface area contributed by atoms with E-state index in [0.717, 1.165) is 0 Å². The number of piperidine rings is 1. The Balaban J connectivity index is 1.81. The molecule has 2 heterocycles. The fourth-order valence-electron chi connectivity index (χ4n) is 1.94. The average Bonchev–Trinajstić information content (AvgIpc) is 2.69.